The fraction of sp³-hybridized carbons (Fsp3) is 0.143. The molecule has 2 aromatic rings. The average Bonchev–Trinajstić information content (AvgIpc) is 2.85. The molecular formula is C14H12ClNO3S. The number of benzene rings is 1. The molecule has 0 bridgehead atoms. The van der Waals surface area contributed by atoms with Crippen molar-refractivity contribution in [3.63, 3.8) is 0 Å². The van der Waals surface area contributed by atoms with Crippen LogP contribution in [0.4, 0.5) is 5.69 Å². The number of carbonyl (C=O) groups is 2. The molecule has 0 aliphatic rings. The Morgan fingerprint density at radius 1 is 1.20 bits per heavy atom. The van der Waals surface area contributed by atoms with Crippen LogP contribution in [0.3, 0.4) is 0 Å². The topological polar surface area (TPSA) is 55.4 Å². The number of anilines is 1. The Hall–Kier alpha value is -1.85. The summed E-state index contributed by atoms with van der Waals surface area (Å²) in [7, 11) is 0. The van der Waals surface area contributed by atoms with Gasteiger partial charge in [-0.25, -0.2) is 4.79 Å². The zero-order valence-corrected chi connectivity index (χ0v) is 12.3. The summed E-state index contributed by atoms with van der Waals surface area (Å²) in [6.07, 6.45) is 0. The normalized spacial score (nSPS) is 10.1. The fourth-order valence-corrected chi connectivity index (χ4v) is 2.36. The van der Waals surface area contributed by atoms with Crippen molar-refractivity contribution in [1.82, 2.24) is 0 Å². The number of amides is 1. The van der Waals surface area contributed by atoms with E-state index in [1.54, 1.807) is 30.3 Å². The minimum Gasteiger partial charge on any atom is -0.451 e. The standard InChI is InChI=1S/C14H12ClNO3S/c1-9-2-7-12(20-9)14(18)19-8-13(17)16-11-5-3-10(15)4-6-11/h2-7H,8H2,1H3,(H,16,17). The van der Waals surface area contributed by atoms with Crippen molar-refractivity contribution < 1.29 is 14.3 Å². The molecule has 4 nitrogen and oxygen atoms in total. The van der Waals surface area contributed by atoms with E-state index in [1.807, 2.05) is 13.0 Å². The maximum absolute atomic E-state index is 11.7. The Morgan fingerprint density at radius 2 is 1.90 bits per heavy atom. The summed E-state index contributed by atoms with van der Waals surface area (Å²) in [6.45, 7) is 1.58. The van der Waals surface area contributed by atoms with Crippen LogP contribution in [-0.2, 0) is 9.53 Å². The predicted molar refractivity (Wildman–Crippen MR) is 79.4 cm³/mol. The van der Waals surface area contributed by atoms with Crippen molar-refractivity contribution in [2.45, 2.75) is 6.92 Å². The third-order valence-corrected chi connectivity index (χ3v) is 3.64. The maximum Gasteiger partial charge on any atom is 0.348 e. The second-order valence-electron chi connectivity index (χ2n) is 4.04. The Kier molecular flexibility index (Phi) is 4.76. The summed E-state index contributed by atoms with van der Waals surface area (Å²) < 4.78 is 4.93. The number of esters is 1. The van der Waals surface area contributed by atoms with Gasteiger partial charge in [0.15, 0.2) is 6.61 Å². The highest BCUT2D eigenvalue weighted by Gasteiger charge is 2.12. The van der Waals surface area contributed by atoms with Gasteiger partial charge in [0.2, 0.25) is 0 Å². The lowest BCUT2D eigenvalue weighted by molar-refractivity contribution is -0.119. The van der Waals surface area contributed by atoms with Crippen LogP contribution in [0.5, 0.6) is 0 Å². The predicted octanol–water partition coefficient (Wildman–Crippen LogP) is 3.51. The van der Waals surface area contributed by atoms with E-state index >= 15 is 0 Å². The van der Waals surface area contributed by atoms with Crippen LogP contribution in [-0.4, -0.2) is 18.5 Å². The quantitative estimate of drug-likeness (QED) is 0.879. The molecule has 1 aromatic heterocycles. The molecule has 0 aliphatic heterocycles. The van der Waals surface area contributed by atoms with Crippen molar-refractivity contribution in [1.29, 1.82) is 0 Å². The van der Waals surface area contributed by atoms with Crippen LogP contribution >= 0.6 is 22.9 Å². The van der Waals surface area contributed by atoms with Crippen molar-refractivity contribution in [3.8, 4) is 0 Å². The van der Waals surface area contributed by atoms with E-state index in [9.17, 15) is 9.59 Å². The third-order valence-electron chi connectivity index (χ3n) is 2.40. The highest BCUT2D eigenvalue weighted by atomic mass is 35.5. The SMILES string of the molecule is Cc1ccc(C(=O)OCC(=O)Nc2ccc(Cl)cc2)s1. The Bertz CT molecular complexity index is 622. The molecule has 0 radical (unpaired) electrons. The first kappa shape index (κ1) is 14.6. The van der Waals surface area contributed by atoms with Crippen LogP contribution in [0.15, 0.2) is 36.4 Å². The van der Waals surface area contributed by atoms with Crippen LogP contribution in [0.2, 0.25) is 5.02 Å². The van der Waals surface area contributed by atoms with Gasteiger partial charge in [-0.2, -0.15) is 0 Å². The molecule has 2 rings (SSSR count). The molecule has 0 saturated carbocycles. The van der Waals surface area contributed by atoms with Gasteiger partial charge in [-0.05, 0) is 43.3 Å². The first-order valence-corrected chi connectivity index (χ1v) is 7.03. The zero-order valence-electron chi connectivity index (χ0n) is 10.7. The molecule has 20 heavy (non-hydrogen) atoms. The van der Waals surface area contributed by atoms with Crippen LogP contribution < -0.4 is 5.32 Å². The molecule has 0 spiro atoms. The molecular weight excluding hydrogens is 298 g/mol. The van der Waals surface area contributed by atoms with Crippen molar-refractivity contribution in [2.24, 2.45) is 0 Å². The van der Waals surface area contributed by atoms with E-state index in [0.29, 0.717) is 15.6 Å². The van der Waals surface area contributed by atoms with Crippen LogP contribution in [0.1, 0.15) is 14.5 Å². The molecule has 6 heteroatoms. The first-order valence-electron chi connectivity index (χ1n) is 5.83. The Morgan fingerprint density at radius 3 is 2.50 bits per heavy atom. The summed E-state index contributed by atoms with van der Waals surface area (Å²) in [5.74, 6) is -0.886. The minimum absolute atomic E-state index is 0.321. The van der Waals surface area contributed by atoms with Crippen LogP contribution in [0, 0.1) is 6.92 Å². The summed E-state index contributed by atoms with van der Waals surface area (Å²) >= 11 is 7.07. The number of thiophene rings is 1. The molecule has 104 valence electrons. The number of aryl methyl sites for hydroxylation is 1. The average molecular weight is 310 g/mol. The summed E-state index contributed by atoms with van der Waals surface area (Å²) in [4.78, 5) is 24.8. The number of ether oxygens (including phenoxy) is 1. The number of rotatable bonds is 4. The minimum atomic E-state index is -0.491. The van der Waals surface area contributed by atoms with E-state index in [-0.39, 0.29) is 6.61 Å². The molecule has 1 aromatic carbocycles. The number of nitrogens with one attached hydrogen (secondary N) is 1. The third kappa shape index (κ3) is 4.08. The second-order valence-corrected chi connectivity index (χ2v) is 5.77. The fourth-order valence-electron chi connectivity index (χ4n) is 1.48. The van der Waals surface area contributed by atoms with E-state index < -0.39 is 11.9 Å². The van der Waals surface area contributed by atoms with Gasteiger partial charge < -0.3 is 10.1 Å². The van der Waals surface area contributed by atoms with Gasteiger partial charge >= 0.3 is 5.97 Å². The molecule has 0 atom stereocenters. The lowest BCUT2D eigenvalue weighted by Gasteiger charge is -2.05. The molecule has 1 N–H and O–H groups in total. The monoisotopic (exact) mass is 309 g/mol. The number of carbonyl (C=O) groups excluding carboxylic acids is 2. The van der Waals surface area contributed by atoms with E-state index in [4.69, 9.17) is 16.3 Å². The maximum atomic E-state index is 11.7. The van der Waals surface area contributed by atoms with E-state index in [1.165, 1.54) is 11.3 Å². The molecule has 0 unspecified atom stereocenters. The van der Waals surface area contributed by atoms with Crippen molar-refractivity contribution >= 4 is 40.5 Å². The molecule has 1 heterocycles. The van der Waals surface area contributed by atoms with Gasteiger partial charge in [0.1, 0.15) is 4.88 Å². The molecule has 0 saturated heterocycles. The van der Waals surface area contributed by atoms with Gasteiger partial charge in [-0.1, -0.05) is 11.6 Å². The van der Waals surface area contributed by atoms with Crippen molar-refractivity contribution in [3.05, 3.63) is 51.2 Å². The number of halogens is 1. The van der Waals surface area contributed by atoms with Gasteiger partial charge in [0.25, 0.3) is 5.91 Å². The Labute approximate surface area is 125 Å². The zero-order chi connectivity index (χ0) is 14.5. The highest BCUT2D eigenvalue weighted by Crippen LogP contribution is 2.16. The summed E-state index contributed by atoms with van der Waals surface area (Å²) in [6, 6.07) is 10.2. The van der Waals surface area contributed by atoms with Crippen molar-refractivity contribution in [2.75, 3.05) is 11.9 Å². The number of hydrogen-bond donors (Lipinski definition) is 1. The lowest BCUT2D eigenvalue weighted by atomic mass is 10.3. The van der Waals surface area contributed by atoms with Gasteiger partial charge in [0.05, 0.1) is 0 Å². The Balaban J connectivity index is 1.83. The van der Waals surface area contributed by atoms with Gasteiger partial charge in [-0.3, -0.25) is 4.79 Å². The van der Waals surface area contributed by atoms with E-state index in [2.05, 4.69) is 5.32 Å². The summed E-state index contributed by atoms with van der Waals surface area (Å²) in [5.41, 5.74) is 0.599. The molecule has 0 aliphatic carbocycles. The largest absolute Gasteiger partial charge is 0.451 e. The van der Waals surface area contributed by atoms with Crippen LogP contribution in [0.25, 0.3) is 0 Å². The summed E-state index contributed by atoms with van der Waals surface area (Å²) in [5, 5.41) is 3.20. The smallest absolute Gasteiger partial charge is 0.348 e. The van der Waals surface area contributed by atoms with Gasteiger partial charge in [-0.15, -0.1) is 11.3 Å². The first-order chi connectivity index (χ1) is 9.54. The molecule has 0 fully saturated rings. The van der Waals surface area contributed by atoms with Gasteiger partial charge in [0, 0.05) is 15.6 Å². The second kappa shape index (κ2) is 6.54. The number of hydrogen-bond acceptors (Lipinski definition) is 4. The van der Waals surface area contributed by atoms with E-state index in [0.717, 1.165) is 4.88 Å². The lowest BCUT2D eigenvalue weighted by Crippen LogP contribution is -2.20. The highest BCUT2D eigenvalue weighted by molar-refractivity contribution is 7.13. The molecule has 1 amide bonds.